The Bertz CT molecular complexity index is 345. The lowest BCUT2D eigenvalue weighted by Gasteiger charge is -2.17. The molecule has 0 aliphatic rings. The molecule has 1 unspecified atom stereocenters. The van der Waals surface area contributed by atoms with E-state index >= 15 is 0 Å². The van der Waals surface area contributed by atoms with Gasteiger partial charge in [0.2, 0.25) is 0 Å². The number of aliphatic hydroxyl groups excluding tert-OH is 1. The summed E-state index contributed by atoms with van der Waals surface area (Å²) in [5.74, 6) is 1.26. The first-order chi connectivity index (χ1) is 7.97. The van der Waals surface area contributed by atoms with E-state index in [0.717, 1.165) is 18.5 Å². The van der Waals surface area contributed by atoms with E-state index in [0.29, 0.717) is 11.7 Å². The van der Waals surface area contributed by atoms with Crippen molar-refractivity contribution in [3.8, 4) is 5.75 Å². The van der Waals surface area contributed by atoms with E-state index in [1.165, 1.54) is 0 Å². The molecular formula is C13H24N2O2. The molecule has 4 nitrogen and oxygen atoms in total. The summed E-state index contributed by atoms with van der Waals surface area (Å²) in [5.41, 5.74) is 0.795. The summed E-state index contributed by atoms with van der Waals surface area (Å²) in [6.45, 7) is 8.41. The number of rotatable bonds is 6. The summed E-state index contributed by atoms with van der Waals surface area (Å²) in [5, 5.41) is 14.5. The third-order valence-electron chi connectivity index (χ3n) is 2.84. The third kappa shape index (κ3) is 3.46. The average Bonchev–Trinajstić information content (AvgIpc) is 2.69. The van der Waals surface area contributed by atoms with Crippen molar-refractivity contribution in [1.82, 2.24) is 9.78 Å². The van der Waals surface area contributed by atoms with Crippen LogP contribution in [-0.4, -0.2) is 22.0 Å². The van der Waals surface area contributed by atoms with Gasteiger partial charge < -0.3 is 9.84 Å². The Balaban J connectivity index is 2.89. The summed E-state index contributed by atoms with van der Waals surface area (Å²) in [6, 6.07) is 0.225. The lowest BCUT2D eigenvalue weighted by molar-refractivity contribution is 0.143. The van der Waals surface area contributed by atoms with Crippen LogP contribution in [0.2, 0.25) is 0 Å². The summed E-state index contributed by atoms with van der Waals surface area (Å²) < 4.78 is 7.10. The number of hydrogen-bond acceptors (Lipinski definition) is 3. The number of aromatic nitrogens is 2. The molecule has 1 aromatic heterocycles. The van der Waals surface area contributed by atoms with Gasteiger partial charge in [-0.2, -0.15) is 5.10 Å². The van der Waals surface area contributed by atoms with E-state index in [1.54, 1.807) is 13.3 Å². The summed E-state index contributed by atoms with van der Waals surface area (Å²) in [4.78, 5) is 0. The topological polar surface area (TPSA) is 47.3 Å². The number of aliphatic hydroxyl groups is 1. The van der Waals surface area contributed by atoms with Crippen molar-refractivity contribution in [1.29, 1.82) is 0 Å². The predicted octanol–water partition coefficient (Wildman–Crippen LogP) is 2.94. The van der Waals surface area contributed by atoms with Crippen LogP contribution < -0.4 is 4.74 Å². The first-order valence-corrected chi connectivity index (χ1v) is 6.26. The van der Waals surface area contributed by atoms with Gasteiger partial charge in [-0.25, -0.2) is 0 Å². The molecule has 1 heterocycles. The van der Waals surface area contributed by atoms with Crippen LogP contribution in [0, 0.1) is 5.92 Å². The van der Waals surface area contributed by atoms with E-state index < -0.39 is 6.10 Å². The number of nitrogens with zero attached hydrogens (tertiary/aromatic N) is 2. The maximum atomic E-state index is 10.3. The molecule has 0 radical (unpaired) electrons. The Morgan fingerprint density at radius 2 is 1.94 bits per heavy atom. The van der Waals surface area contributed by atoms with E-state index in [9.17, 15) is 5.11 Å². The molecular weight excluding hydrogens is 216 g/mol. The first kappa shape index (κ1) is 14.0. The van der Waals surface area contributed by atoms with Crippen molar-refractivity contribution >= 4 is 0 Å². The Labute approximate surface area is 104 Å². The molecule has 0 saturated heterocycles. The molecule has 0 bridgehead atoms. The van der Waals surface area contributed by atoms with Crippen molar-refractivity contribution in [3.63, 3.8) is 0 Å². The smallest absolute Gasteiger partial charge is 0.162 e. The van der Waals surface area contributed by atoms with E-state index in [1.807, 2.05) is 18.5 Å². The van der Waals surface area contributed by atoms with Gasteiger partial charge in [-0.1, -0.05) is 13.8 Å². The minimum Gasteiger partial charge on any atom is -0.493 e. The van der Waals surface area contributed by atoms with Crippen LogP contribution in [0.3, 0.4) is 0 Å². The van der Waals surface area contributed by atoms with Crippen LogP contribution in [0.15, 0.2) is 6.20 Å². The highest BCUT2D eigenvalue weighted by Crippen LogP contribution is 2.30. The fourth-order valence-corrected chi connectivity index (χ4v) is 1.87. The van der Waals surface area contributed by atoms with E-state index in [4.69, 9.17) is 4.74 Å². The monoisotopic (exact) mass is 240 g/mol. The quantitative estimate of drug-likeness (QED) is 0.831. The van der Waals surface area contributed by atoms with Crippen molar-refractivity contribution in [3.05, 3.63) is 11.9 Å². The number of hydrogen-bond donors (Lipinski definition) is 1. The molecule has 1 atom stereocenters. The van der Waals surface area contributed by atoms with Crippen LogP contribution in [-0.2, 0) is 0 Å². The normalized spacial score (nSPS) is 13.4. The molecule has 1 aromatic rings. The molecule has 1 rings (SSSR count). The molecule has 17 heavy (non-hydrogen) atoms. The van der Waals surface area contributed by atoms with Crippen molar-refractivity contribution < 1.29 is 9.84 Å². The lowest BCUT2D eigenvalue weighted by Crippen LogP contribution is -2.12. The molecule has 0 saturated carbocycles. The molecule has 0 aromatic carbocycles. The second-order valence-corrected chi connectivity index (χ2v) is 5.12. The standard InChI is InChI=1S/C13H24N2O2/c1-9(2)6-7-11(16)13-12(17-5)8-14-15(13)10(3)4/h8-11,16H,6-7H2,1-5H3. The first-order valence-electron chi connectivity index (χ1n) is 6.26. The molecule has 0 aliphatic carbocycles. The lowest BCUT2D eigenvalue weighted by atomic mass is 10.0. The fourth-order valence-electron chi connectivity index (χ4n) is 1.87. The van der Waals surface area contributed by atoms with Gasteiger partial charge >= 0.3 is 0 Å². The summed E-state index contributed by atoms with van der Waals surface area (Å²) >= 11 is 0. The SMILES string of the molecule is COc1cnn(C(C)C)c1C(O)CCC(C)C. The van der Waals surface area contributed by atoms with E-state index in [-0.39, 0.29) is 6.04 Å². The van der Waals surface area contributed by atoms with Gasteiger partial charge in [0.15, 0.2) is 5.75 Å². The van der Waals surface area contributed by atoms with Gasteiger partial charge in [0, 0.05) is 6.04 Å². The molecule has 0 aliphatic heterocycles. The van der Waals surface area contributed by atoms with Crippen LogP contribution in [0.25, 0.3) is 0 Å². The van der Waals surface area contributed by atoms with Gasteiger partial charge in [0.1, 0.15) is 5.69 Å². The highest BCUT2D eigenvalue weighted by atomic mass is 16.5. The molecule has 0 spiro atoms. The largest absolute Gasteiger partial charge is 0.493 e. The van der Waals surface area contributed by atoms with Gasteiger partial charge in [-0.05, 0) is 32.6 Å². The molecule has 98 valence electrons. The van der Waals surface area contributed by atoms with Gasteiger partial charge in [-0.3, -0.25) is 4.68 Å². The zero-order chi connectivity index (χ0) is 13.0. The third-order valence-corrected chi connectivity index (χ3v) is 2.84. The second kappa shape index (κ2) is 6.05. The van der Waals surface area contributed by atoms with Crippen LogP contribution in [0.1, 0.15) is 58.4 Å². The predicted molar refractivity (Wildman–Crippen MR) is 68.2 cm³/mol. The second-order valence-electron chi connectivity index (χ2n) is 5.12. The number of methoxy groups -OCH3 is 1. The Kier molecular flexibility index (Phi) is 5.00. The van der Waals surface area contributed by atoms with Gasteiger partial charge in [-0.15, -0.1) is 0 Å². The van der Waals surface area contributed by atoms with Gasteiger partial charge in [0.25, 0.3) is 0 Å². The van der Waals surface area contributed by atoms with Crippen LogP contribution in [0.5, 0.6) is 5.75 Å². The summed E-state index contributed by atoms with van der Waals surface area (Å²) in [7, 11) is 1.61. The maximum absolute atomic E-state index is 10.3. The minimum absolute atomic E-state index is 0.225. The fraction of sp³-hybridized carbons (Fsp3) is 0.769. The minimum atomic E-state index is -0.503. The molecule has 4 heteroatoms. The maximum Gasteiger partial charge on any atom is 0.162 e. The highest BCUT2D eigenvalue weighted by molar-refractivity contribution is 5.27. The Morgan fingerprint density at radius 3 is 2.41 bits per heavy atom. The highest BCUT2D eigenvalue weighted by Gasteiger charge is 2.21. The van der Waals surface area contributed by atoms with Crippen molar-refractivity contribution in [2.45, 2.75) is 52.7 Å². The number of ether oxygens (including phenoxy) is 1. The van der Waals surface area contributed by atoms with Gasteiger partial charge in [0.05, 0.1) is 19.4 Å². The Hall–Kier alpha value is -1.03. The van der Waals surface area contributed by atoms with Crippen LogP contribution >= 0.6 is 0 Å². The Morgan fingerprint density at radius 1 is 1.29 bits per heavy atom. The average molecular weight is 240 g/mol. The zero-order valence-electron chi connectivity index (χ0n) is 11.5. The van der Waals surface area contributed by atoms with Crippen LogP contribution in [0.4, 0.5) is 0 Å². The molecule has 0 amide bonds. The summed E-state index contributed by atoms with van der Waals surface area (Å²) in [6.07, 6.45) is 2.91. The zero-order valence-corrected chi connectivity index (χ0v) is 11.5. The van der Waals surface area contributed by atoms with E-state index in [2.05, 4.69) is 18.9 Å². The van der Waals surface area contributed by atoms with Crippen molar-refractivity contribution in [2.75, 3.05) is 7.11 Å². The van der Waals surface area contributed by atoms with Crippen molar-refractivity contribution in [2.24, 2.45) is 5.92 Å². The molecule has 0 fully saturated rings. The molecule has 1 N–H and O–H groups in total.